The molecule has 2 aliphatic rings. The Bertz CT molecular complexity index is 295. The highest BCUT2D eigenvalue weighted by molar-refractivity contribution is 4.89. The predicted molar refractivity (Wildman–Crippen MR) is 87.1 cm³/mol. The van der Waals surface area contributed by atoms with Crippen molar-refractivity contribution in [3.63, 3.8) is 0 Å². The highest BCUT2D eigenvalue weighted by Crippen LogP contribution is 2.29. The van der Waals surface area contributed by atoms with E-state index in [1.54, 1.807) is 0 Å². The van der Waals surface area contributed by atoms with E-state index in [0.29, 0.717) is 0 Å². The number of nitrogens with one attached hydrogen (secondary N) is 1. The van der Waals surface area contributed by atoms with E-state index in [-0.39, 0.29) is 5.54 Å². The van der Waals surface area contributed by atoms with Crippen LogP contribution in [0.3, 0.4) is 0 Å². The molecule has 1 saturated heterocycles. The Morgan fingerprint density at radius 2 is 1.65 bits per heavy atom. The van der Waals surface area contributed by atoms with Gasteiger partial charge in [0.25, 0.3) is 0 Å². The van der Waals surface area contributed by atoms with Crippen LogP contribution < -0.4 is 5.32 Å². The molecule has 0 aromatic heterocycles. The second-order valence-electron chi connectivity index (χ2n) is 7.95. The maximum absolute atomic E-state index is 3.87. The molecule has 1 aliphatic heterocycles. The summed E-state index contributed by atoms with van der Waals surface area (Å²) in [6.07, 6.45) is 4.12. The van der Waals surface area contributed by atoms with Crippen LogP contribution in [0.5, 0.6) is 0 Å². The zero-order valence-electron chi connectivity index (χ0n) is 14.3. The van der Waals surface area contributed by atoms with E-state index < -0.39 is 0 Å². The van der Waals surface area contributed by atoms with E-state index in [2.05, 4.69) is 49.9 Å². The Hall–Kier alpha value is -0.120. The Kier molecular flexibility index (Phi) is 5.49. The van der Waals surface area contributed by atoms with E-state index in [1.807, 2.05) is 0 Å². The minimum Gasteiger partial charge on any atom is -0.312 e. The van der Waals surface area contributed by atoms with Crippen LogP contribution in [-0.2, 0) is 0 Å². The van der Waals surface area contributed by atoms with Gasteiger partial charge in [-0.25, -0.2) is 0 Å². The molecule has 20 heavy (non-hydrogen) atoms. The van der Waals surface area contributed by atoms with Gasteiger partial charge in [0.1, 0.15) is 0 Å². The first-order valence-corrected chi connectivity index (χ1v) is 8.55. The molecule has 1 aliphatic carbocycles. The molecule has 0 aromatic rings. The summed E-state index contributed by atoms with van der Waals surface area (Å²) in [6.45, 7) is 15.6. The normalized spacial score (nSPS) is 34.4. The summed E-state index contributed by atoms with van der Waals surface area (Å²) >= 11 is 0. The quantitative estimate of drug-likeness (QED) is 0.854. The van der Waals surface area contributed by atoms with Gasteiger partial charge >= 0.3 is 0 Å². The molecule has 3 atom stereocenters. The number of piperazine rings is 1. The summed E-state index contributed by atoms with van der Waals surface area (Å²) in [5.74, 6) is 1.80. The highest BCUT2D eigenvalue weighted by atomic mass is 15.3. The number of hydrogen-bond donors (Lipinski definition) is 1. The molecular weight excluding hydrogens is 246 g/mol. The molecule has 2 rings (SSSR count). The molecule has 0 radical (unpaired) electrons. The van der Waals surface area contributed by atoms with E-state index in [0.717, 1.165) is 24.4 Å². The lowest BCUT2D eigenvalue weighted by Crippen LogP contribution is -2.58. The van der Waals surface area contributed by atoms with E-state index >= 15 is 0 Å². The van der Waals surface area contributed by atoms with Crippen LogP contribution in [0.25, 0.3) is 0 Å². The maximum Gasteiger partial charge on any atom is 0.0278 e. The third kappa shape index (κ3) is 4.19. The molecule has 0 amide bonds. The van der Waals surface area contributed by atoms with Gasteiger partial charge in [-0.3, -0.25) is 4.90 Å². The molecule has 3 nitrogen and oxygen atoms in total. The van der Waals surface area contributed by atoms with Gasteiger partial charge in [0.15, 0.2) is 0 Å². The molecule has 1 saturated carbocycles. The highest BCUT2D eigenvalue weighted by Gasteiger charge is 2.31. The first-order valence-electron chi connectivity index (χ1n) is 8.55. The summed E-state index contributed by atoms with van der Waals surface area (Å²) < 4.78 is 0. The number of likely N-dealkylation sites (N-methyl/N-ethyl adjacent to an activating group) is 1. The SMILES string of the molecule is CC1CCC(NCC(C)(C)N2CCN(C)CC2)CC1C. The van der Waals surface area contributed by atoms with Gasteiger partial charge in [-0.15, -0.1) is 0 Å². The topological polar surface area (TPSA) is 18.5 Å². The van der Waals surface area contributed by atoms with E-state index in [9.17, 15) is 0 Å². The van der Waals surface area contributed by atoms with Crippen LogP contribution in [-0.4, -0.2) is 61.2 Å². The van der Waals surface area contributed by atoms with Gasteiger partial charge in [0.05, 0.1) is 0 Å². The fourth-order valence-corrected chi connectivity index (χ4v) is 3.65. The maximum atomic E-state index is 3.87. The Morgan fingerprint density at radius 1 is 1.00 bits per heavy atom. The van der Waals surface area contributed by atoms with E-state index in [1.165, 1.54) is 45.4 Å². The lowest BCUT2D eigenvalue weighted by Gasteiger charge is -2.44. The molecular formula is C17H35N3. The summed E-state index contributed by atoms with van der Waals surface area (Å²) in [6, 6.07) is 0.743. The lowest BCUT2D eigenvalue weighted by atomic mass is 9.79. The molecule has 1 N–H and O–H groups in total. The van der Waals surface area contributed by atoms with Gasteiger partial charge in [-0.05, 0) is 52.0 Å². The van der Waals surface area contributed by atoms with Crippen LogP contribution in [0.4, 0.5) is 0 Å². The molecule has 0 bridgehead atoms. The van der Waals surface area contributed by atoms with Gasteiger partial charge in [-0.2, -0.15) is 0 Å². The van der Waals surface area contributed by atoms with Crippen molar-refractivity contribution in [2.45, 2.75) is 58.5 Å². The second kappa shape index (κ2) is 6.76. The second-order valence-corrected chi connectivity index (χ2v) is 7.95. The Balaban J connectivity index is 1.77. The first kappa shape index (κ1) is 16.3. The molecule has 0 spiro atoms. The van der Waals surface area contributed by atoms with Crippen molar-refractivity contribution in [1.82, 2.24) is 15.1 Å². The monoisotopic (exact) mass is 281 g/mol. The minimum absolute atomic E-state index is 0.285. The van der Waals surface area contributed by atoms with Gasteiger partial charge in [0, 0.05) is 44.3 Å². The third-order valence-electron chi connectivity index (χ3n) is 5.78. The van der Waals surface area contributed by atoms with Crippen LogP contribution in [0, 0.1) is 11.8 Å². The Labute approximate surface area is 126 Å². The van der Waals surface area contributed by atoms with Crippen molar-refractivity contribution in [2.24, 2.45) is 11.8 Å². The van der Waals surface area contributed by atoms with Crippen molar-refractivity contribution in [1.29, 1.82) is 0 Å². The fourth-order valence-electron chi connectivity index (χ4n) is 3.65. The van der Waals surface area contributed by atoms with Crippen molar-refractivity contribution >= 4 is 0 Å². The van der Waals surface area contributed by atoms with Crippen LogP contribution in [0.15, 0.2) is 0 Å². The molecule has 1 heterocycles. The number of hydrogen-bond acceptors (Lipinski definition) is 3. The lowest BCUT2D eigenvalue weighted by molar-refractivity contribution is 0.0577. The van der Waals surface area contributed by atoms with Gasteiger partial charge in [0.2, 0.25) is 0 Å². The van der Waals surface area contributed by atoms with Crippen molar-refractivity contribution in [2.75, 3.05) is 39.8 Å². The van der Waals surface area contributed by atoms with Crippen LogP contribution in [0.1, 0.15) is 47.0 Å². The first-order chi connectivity index (χ1) is 9.38. The largest absolute Gasteiger partial charge is 0.312 e. The van der Waals surface area contributed by atoms with Crippen molar-refractivity contribution in [3.8, 4) is 0 Å². The molecule has 3 unspecified atom stereocenters. The summed E-state index contributed by atoms with van der Waals surface area (Å²) in [5, 5.41) is 3.87. The van der Waals surface area contributed by atoms with Crippen LogP contribution in [0.2, 0.25) is 0 Å². The zero-order chi connectivity index (χ0) is 14.8. The van der Waals surface area contributed by atoms with Crippen molar-refractivity contribution in [3.05, 3.63) is 0 Å². The number of nitrogens with zero attached hydrogens (tertiary/aromatic N) is 2. The predicted octanol–water partition coefficient (Wildman–Crippen LogP) is 2.43. The summed E-state index contributed by atoms with van der Waals surface area (Å²) in [5.41, 5.74) is 0.285. The molecule has 2 fully saturated rings. The molecule has 118 valence electrons. The van der Waals surface area contributed by atoms with E-state index in [4.69, 9.17) is 0 Å². The fraction of sp³-hybridized carbons (Fsp3) is 1.00. The minimum atomic E-state index is 0.285. The average molecular weight is 281 g/mol. The van der Waals surface area contributed by atoms with Crippen LogP contribution >= 0.6 is 0 Å². The standard InChI is InChI=1S/C17H35N3/c1-14-6-7-16(12-15(14)2)18-13-17(3,4)20-10-8-19(5)9-11-20/h14-16,18H,6-13H2,1-5H3. The number of rotatable bonds is 4. The van der Waals surface area contributed by atoms with Gasteiger partial charge < -0.3 is 10.2 Å². The summed E-state index contributed by atoms with van der Waals surface area (Å²) in [4.78, 5) is 5.10. The van der Waals surface area contributed by atoms with Gasteiger partial charge in [-0.1, -0.05) is 13.8 Å². The smallest absolute Gasteiger partial charge is 0.0278 e. The summed E-state index contributed by atoms with van der Waals surface area (Å²) in [7, 11) is 2.23. The third-order valence-corrected chi connectivity index (χ3v) is 5.78. The average Bonchev–Trinajstić information content (AvgIpc) is 2.41. The molecule has 3 heteroatoms. The van der Waals surface area contributed by atoms with Crippen molar-refractivity contribution < 1.29 is 0 Å². The Morgan fingerprint density at radius 3 is 2.25 bits per heavy atom. The zero-order valence-corrected chi connectivity index (χ0v) is 14.3. The molecule has 0 aromatic carbocycles.